The summed E-state index contributed by atoms with van der Waals surface area (Å²) >= 11 is 0. The first kappa shape index (κ1) is 24.1. The van der Waals surface area contributed by atoms with Crippen molar-refractivity contribution in [2.75, 3.05) is 34.9 Å². The molecule has 0 spiro atoms. The van der Waals surface area contributed by atoms with Crippen LogP contribution < -0.4 is 14.2 Å². The fourth-order valence-corrected chi connectivity index (χ4v) is 4.64. The van der Waals surface area contributed by atoms with E-state index in [-0.39, 0.29) is 11.3 Å². The van der Waals surface area contributed by atoms with Crippen LogP contribution in [0.3, 0.4) is 0 Å². The van der Waals surface area contributed by atoms with Gasteiger partial charge in [0.05, 0.1) is 21.3 Å². The Morgan fingerprint density at radius 2 is 1.62 bits per heavy atom. The molecule has 1 aliphatic carbocycles. The number of Topliss-reactive ketones (excluding diaryl/α,β-unsaturated/α-hetero) is 1. The maximum atomic E-state index is 13.3. The van der Waals surface area contributed by atoms with Crippen molar-refractivity contribution >= 4 is 5.78 Å². The van der Waals surface area contributed by atoms with Gasteiger partial charge in [0.25, 0.3) is 0 Å². The molecule has 0 saturated heterocycles. The van der Waals surface area contributed by atoms with Gasteiger partial charge >= 0.3 is 0 Å². The van der Waals surface area contributed by atoms with Gasteiger partial charge in [-0.3, -0.25) is 9.69 Å². The molecule has 2 aromatic rings. The van der Waals surface area contributed by atoms with Crippen molar-refractivity contribution in [3.63, 3.8) is 0 Å². The topological polar surface area (TPSA) is 48.0 Å². The molecule has 0 N–H and O–H groups in total. The van der Waals surface area contributed by atoms with Crippen molar-refractivity contribution in [1.29, 1.82) is 0 Å². The molecule has 1 unspecified atom stereocenters. The predicted molar refractivity (Wildman–Crippen MR) is 128 cm³/mol. The Kier molecular flexibility index (Phi) is 7.83. The Morgan fingerprint density at radius 1 is 1.03 bits per heavy atom. The summed E-state index contributed by atoms with van der Waals surface area (Å²) in [5.41, 5.74) is 2.94. The quantitative estimate of drug-likeness (QED) is 0.401. The molecule has 0 aliphatic heterocycles. The van der Waals surface area contributed by atoms with E-state index in [1.807, 2.05) is 0 Å². The van der Waals surface area contributed by atoms with E-state index in [9.17, 15) is 4.79 Å². The average molecular weight is 440 g/mol. The van der Waals surface area contributed by atoms with Gasteiger partial charge in [-0.25, -0.2) is 0 Å². The van der Waals surface area contributed by atoms with Crippen molar-refractivity contribution in [2.45, 2.75) is 51.5 Å². The smallest absolute Gasteiger partial charge is 0.203 e. The molecule has 5 heteroatoms. The minimum Gasteiger partial charge on any atom is -0.493 e. The summed E-state index contributed by atoms with van der Waals surface area (Å²) < 4.78 is 16.3. The standard InChI is InChI=1S/C27H37NO4/c1-7-27(28(3)18-20-10-11-20,22-12-8-19(2)9-13-22)15-14-23(29)21-16-24(30-4)26(32-6)25(17-21)31-5/h8-9,12-13,16-17,20H,7,10-11,14-15,18H2,1-6H3. The van der Waals surface area contributed by atoms with Crippen LogP contribution in [0.5, 0.6) is 17.2 Å². The van der Waals surface area contributed by atoms with Crippen LogP contribution in [0.15, 0.2) is 36.4 Å². The van der Waals surface area contributed by atoms with Crippen LogP contribution in [0.4, 0.5) is 0 Å². The lowest BCUT2D eigenvalue weighted by Crippen LogP contribution is -2.44. The monoisotopic (exact) mass is 439 g/mol. The Balaban J connectivity index is 1.88. The molecule has 3 rings (SSSR count). The van der Waals surface area contributed by atoms with Gasteiger partial charge in [-0.15, -0.1) is 0 Å². The number of aryl methyl sites for hydroxylation is 1. The van der Waals surface area contributed by atoms with Crippen LogP contribution in [-0.2, 0) is 5.54 Å². The number of benzene rings is 2. The van der Waals surface area contributed by atoms with Gasteiger partial charge in [-0.05, 0) is 63.3 Å². The van der Waals surface area contributed by atoms with E-state index in [4.69, 9.17) is 14.2 Å². The SMILES string of the molecule is CCC(CCC(=O)c1cc(OC)c(OC)c(OC)c1)(c1ccc(C)cc1)N(C)CC1CC1. The fraction of sp³-hybridized carbons (Fsp3) is 0.519. The highest BCUT2D eigenvalue weighted by Crippen LogP contribution is 2.41. The predicted octanol–water partition coefficient (Wildman–Crippen LogP) is 5.63. The lowest BCUT2D eigenvalue weighted by Gasteiger charge is -2.42. The minimum atomic E-state index is -0.174. The Labute approximate surface area is 192 Å². The third-order valence-corrected chi connectivity index (χ3v) is 6.89. The average Bonchev–Trinajstić information content (AvgIpc) is 3.63. The van der Waals surface area contributed by atoms with E-state index in [1.54, 1.807) is 33.5 Å². The van der Waals surface area contributed by atoms with Crippen LogP contribution in [0.1, 0.15) is 60.5 Å². The number of hydrogen-bond donors (Lipinski definition) is 0. The van der Waals surface area contributed by atoms with E-state index in [1.165, 1.54) is 24.0 Å². The van der Waals surface area contributed by atoms with Crippen molar-refractivity contribution in [3.05, 3.63) is 53.1 Å². The maximum absolute atomic E-state index is 13.3. The summed E-state index contributed by atoms with van der Waals surface area (Å²) in [6, 6.07) is 12.3. The van der Waals surface area contributed by atoms with Gasteiger partial charge in [0.15, 0.2) is 17.3 Å². The van der Waals surface area contributed by atoms with Crippen LogP contribution in [-0.4, -0.2) is 45.6 Å². The first-order valence-electron chi connectivity index (χ1n) is 11.5. The highest BCUT2D eigenvalue weighted by Gasteiger charge is 2.38. The minimum absolute atomic E-state index is 0.0778. The number of rotatable bonds is 12. The third-order valence-electron chi connectivity index (χ3n) is 6.89. The van der Waals surface area contributed by atoms with Gasteiger partial charge in [0.2, 0.25) is 5.75 Å². The number of nitrogens with zero attached hydrogens (tertiary/aromatic N) is 1. The third kappa shape index (κ3) is 5.09. The zero-order valence-corrected chi connectivity index (χ0v) is 20.4. The molecule has 1 aliphatic rings. The lowest BCUT2D eigenvalue weighted by atomic mass is 9.80. The van der Waals surface area contributed by atoms with E-state index in [2.05, 4.69) is 50.1 Å². The van der Waals surface area contributed by atoms with Crippen LogP contribution in [0, 0.1) is 12.8 Å². The van der Waals surface area contributed by atoms with Gasteiger partial charge in [-0.1, -0.05) is 36.8 Å². The molecule has 32 heavy (non-hydrogen) atoms. The summed E-state index contributed by atoms with van der Waals surface area (Å²) in [6.07, 6.45) is 4.76. The van der Waals surface area contributed by atoms with Crippen molar-refractivity contribution in [3.8, 4) is 17.2 Å². The molecule has 1 fully saturated rings. The maximum Gasteiger partial charge on any atom is 0.203 e. The molecule has 174 valence electrons. The second kappa shape index (κ2) is 10.4. The van der Waals surface area contributed by atoms with Gasteiger partial charge in [0.1, 0.15) is 0 Å². The second-order valence-corrected chi connectivity index (χ2v) is 8.91. The summed E-state index contributed by atoms with van der Waals surface area (Å²) in [5, 5.41) is 0. The molecule has 0 amide bonds. The Bertz CT molecular complexity index is 895. The fourth-order valence-electron chi connectivity index (χ4n) is 4.64. The summed E-state index contributed by atoms with van der Waals surface area (Å²) in [6.45, 7) is 5.41. The molecular formula is C27H37NO4. The Hall–Kier alpha value is -2.53. The van der Waals surface area contributed by atoms with Gasteiger partial charge in [0, 0.05) is 24.1 Å². The number of ketones is 1. The largest absolute Gasteiger partial charge is 0.493 e. The number of methoxy groups -OCH3 is 3. The van der Waals surface area contributed by atoms with Crippen LogP contribution in [0.25, 0.3) is 0 Å². The molecule has 0 bridgehead atoms. The highest BCUT2D eigenvalue weighted by atomic mass is 16.5. The Morgan fingerprint density at radius 3 is 2.09 bits per heavy atom. The molecule has 0 aromatic heterocycles. The number of carbonyl (C=O) groups is 1. The molecule has 2 aromatic carbocycles. The second-order valence-electron chi connectivity index (χ2n) is 8.91. The molecule has 1 atom stereocenters. The molecule has 0 heterocycles. The van der Waals surface area contributed by atoms with E-state index in [0.29, 0.717) is 29.2 Å². The number of carbonyl (C=O) groups excluding carboxylic acids is 1. The first-order valence-corrected chi connectivity index (χ1v) is 11.5. The summed E-state index contributed by atoms with van der Waals surface area (Å²) in [7, 11) is 6.91. The molecule has 0 radical (unpaired) electrons. The summed E-state index contributed by atoms with van der Waals surface area (Å²) in [4.78, 5) is 15.8. The molecular weight excluding hydrogens is 402 g/mol. The normalized spacial score (nSPS) is 15.3. The van der Waals surface area contributed by atoms with Crippen LogP contribution >= 0.6 is 0 Å². The molecule has 1 saturated carbocycles. The molecule has 5 nitrogen and oxygen atoms in total. The van der Waals surface area contributed by atoms with Gasteiger partial charge < -0.3 is 14.2 Å². The lowest BCUT2D eigenvalue weighted by molar-refractivity contribution is 0.0797. The van der Waals surface area contributed by atoms with Crippen molar-refractivity contribution < 1.29 is 19.0 Å². The zero-order valence-electron chi connectivity index (χ0n) is 20.4. The van der Waals surface area contributed by atoms with E-state index in [0.717, 1.165) is 25.3 Å². The number of ether oxygens (including phenoxy) is 3. The number of hydrogen-bond acceptors (Lipinski definition) is 5. The van der Waals surface area contributed by atoms with E-state index >= 15 is 0 Å². The first-order chi connectivity index (χ1) is 15.4. The van der Waals surface area contributed by atoms with Crippen molar-refractivity contribution in [2.24, 2.45) is 5.92 Å². The summed E-state index contributed by atoms with van der Waals surface area (Å²) in [5.74, 6) is 2.36. The van der Waals surface area contributed by atoms with E-state index < -0.39 is 0 Å². The van der Waals surface area contributed by atoms with Gasteiger partial charge in [-0.2, -0.15) is 0 Å². The van der Waals surface area contributed by atoms with Crippen LogP contribution in [0.2, 0.25) is 0 Å². The van der Waals surface area contributed by atoms with Crippen molar-refractivity contribution in [1.82, 2.24) is 4.90 Å². The highest BCUT2D eigenvalue weighted by molar-refractivity contribution is 5.97. The zero-order chi connectivity index (χ0) is 23.3.